The molecule has 0 fully saturated rings. The van der Waals surface area contributed by atoms with Crippen LogP contribution < -0.4 is 10.5 Å². The lowest BCUT2D eigenvalue weighted by molar-refractivity contribution is -0.116. The molecule has 2 N–H and O–H groups in total. The molecule has 0 amide bonds. The molecule has 0 spiro atoms. The predicted molar refractivity (Wildman–Crippen MR) is 108 cm³/mol. The first-order valence-corrected chi connectivity index (χ1v) is 9.67. The zero-order chi connectivity index (χ0) is 21.1. The third-order valence-corrected chi connectivity index (χ3v) is 5.36. The van der Waals surface area contributed by atoms with Crippen LogP contribution in [0, 0.1) is 22.7 Å². The Morgan fingerprint density at radius 3 is 2.63 bits per heavy atom. The number of benzene rings is 2. The Hall–Kier alpha value is -4.03. The number of allylic oxidation sites excluding steroid dienone is 3. The van der Waals surface area contributed by atoms with Crippen molar-refractivity contribution in [3.63, 3.8) is 0 Å². The number of carbonyl (C=O) groups is 1. The summed E-state index contributed by atoms with van der Waals surface area (Å²) in [6.45, 7) is 0.185. The van der Waals surface area contributed by atoms with Crippen LogP contribution in [0.3, 0.4) is 0 Å². The highest BCUT2D eigenvalue weighted by Crippen LogP contribution is 2.45. The van der Waals surface area contributed by atoms with E-state index in [-0.39, 0.29) is 23.8 Å². The number of para-hydroxylation sites is 1. The van der Waals surface area contributed by atoms with Crippen LogP contribution in [0.5, 0.6) is 5.75 Å². The van der Waals surface area contributed by atoms with E-state index >= 15 is 0 Å². The summed E-state index contributed by atoms with van der Waals surface area (Å²) in [4.78, 5) is 12.8. The SMILES string of the molecule is N#CC1=C(N)OC2=C(C(=O)CCC2)[C@@H]1c1ccccc1OCc1ccccc1C#N. The minimum atomic E-state index is -0.631. The van der Waals surface area contributed by atoms with E-state index in [1.165, 1.54) is 0 Å². The van der Waals surface area contributed by atoms with Crippen LogP contribution in [-0.2, 0) is 16.1 Å². The van der Waals surface area contributed by atoms with Crippen molar-refractivity contribution in [1.82, 2.24) is 0 Å². The number of rotatable bonds is 4. The van der Waals surface area contributed by atoms with Crippen LogP contribution in [0.15, 0.2) is 71.3 Å². The standard InChI is InChI=1S/C24H19N3O3/c25-12-15-6-1-2-7-16(15)14-29-20-10-4-3-8-17(20)22-18(13-26)24(27)30-21-11-5-9-19(28)23(21)22/h1-4,6-8,10,22H,5,9,11,14,27H2/t22-/m1/s1. The van der Waals surface area contributed by atoms with Crippen LogP contribution in [-0.4, -0.2) is 5.78 Å². The maximum Gasteiger partial charge on any atom is 0.205 e. The number of hydrogen-bond acceptors (Lipinski definition) is 6. The summed E-state index contributed by atoms with van der Waals surface area (Å²) in [5.41, 5.74) is 8.70. The molecule has 0 bridgehead atoms. The van der Waals surface area contributed by atoms with Crippen LogP contribution in [0.2, 0.25) is 0 Å². The molecule has 1 aliphatic heterocycles. The molecular weight excluding hydrogens is 378 g/mol. The molecule has 6 nitrogen and oxygen atoms in total. The quantitative estimate of drug-likeness (QED) is 0.836. The summed E-state index contributed by atoms with van der Waals surface area (Å²) < 4.78 is 11.7. The zero-order valence-electron chi connectivity index (χ0n) is 16.2. The van der Waals surface area contributed by atoms with Crippen molar-refractivity contribution >= 4 is 5.78 Å². The lowest BCUT2D eigenvalue weighted by Crippen LogP contribution is -2.27. The normalized spacial score (nSPS) is 18.2. The van der Waals surface area contributed by atoms with E-state index in [4.69, 9.17) is 15.2 Å². The molecule has 0 unspecified atom stereocenters. The molecular formula is C24H19N3O3. The Balaban J connectivity index is 1.75. The third-order valence-electron chi connectivity index (χ3n) is 5.36. The molecule has 2 aromatic rings. The van der Waals surface area contributed by atoms with Crippen molar-refractivity contribution in [2.75, 3.05) is 0 Å². The van der Waals surface area contributed by atoms with Crippen LogP contribution in [0.1, 0.15) is 41.9 Å². The van der Waals surface area contributed by atoms with Gasteiger partial charge in [-0.25, -0.2) is 0 Å². The topological polar surface area (TPSA) is 109 Å². The Labute approximate surface area is 174 Å². The largest absolute Gasteiger partial charge is 0.489 e. The summed E-state index contributed by atoms with van der Waals surface area (Å²) in [6, 6.07) is 18.8. The Bertz CT molecular complexity index is 1160. The molecule has 30 heavy (non-hydrogen) atoms. The number of nitriles is 2. The first-order chi connectivity index (χ1) is 14.6. The molecule has 1 atom stereocenters. The molecule has 1 heterocycles. The molecule has 2 aliphatic rings. The summed E-state index contributed by atoms with van der Waals surface area (Å²) in [6.07, 6.45) is 1.72. The van der Waals surface area contributed by atoms with Crippen molar-refractivity contribution in [3.8, 4) is 17.9 Å². The van der Waals surface area contributed by atoms with Gasteiger partial charge in [-0.3, -0.25) is 4.79 Å². The van der Waals surface area contributed by atoms with E-state index < -0.39 is 5.92 Å². The number of nitrogens with zero attached hydrogens (tertiary/aromatic N) is 2. The van der Waals surface area contributed by atoms with Crippen molar-refractivity contribution in [2.24, 2.45) is 5.73 Å². The van der Waals surface area contributed by atoms with Gasteiger partial charge in [0.2, 0.25) is 5.88 Å². The van der Waals surface area contributed by atoms with E-state index in [0.717, 1.165) is 5.56 Å². The fourth-order valence-electron chi connectivity index (χ4n) is 3.93. The summed E-state index contributed by atoms with van der Waals surface area (Å²) >= 11 is 0. The third kappa shape index (κ3) is 3.40. The minimum absolute atomic E-state index is 0.0283. The lowest BCUT2D eigenvalue weighted by atomic mass is 9.77. The first kappa shape index (κ1) is 19.3. The summed E-state index contributed by atoms with van der Waals surface area (Å²) in [5, 5.41) is 19.1. The van der Waals surface area contributed by atoms with Crippen molar-refractivity contribution in [3.05, 3.63) is 88.0 Å². The van der Waals surface area contributed by atoms with Crippen LogP contribution >= 0.6 is 0 Å². The van der Waals surface area contributed by atoms with Gasteiger partial charge < -0.3 is 15.2 Å². The number of Topliss-reactive ketones (excluding diaryl/α,β-unsaturated/α-hetero) is 1. The Morgan fingerprint density at radius 2 is 1.83 bits per heavy atom. The molecule has 4 rings (SSSR count). The van der Waals surface area contributed by atoms with Gasteiger partial charge in [0.05, 0.1) is 17.6 Å². The number of ketones is 1. The molecule has 0 aromatic heterocycles. The van der Waals surface area contributed by atoms with E-state index in [2.05, 4.69) is 12.1 Å². The van der Waals surface area contributed by atoms with E-state index in [1.807, 2.05) is 30.3 Å². The zero-order valence-corrected chi connectivity index (χ0v) is 16.2. The number of hydrogen-bond donors (Lipinski definition) is 1. The van der Waals surface area contributed by atoms with E-state index in [9.17, 15) is 15.3 Å². The van der Waals surface area contributed by atoms with Crippen LogP contribution in [0.4, 0.5) is 0 Å². The second-order valence-corrected chi connectivity index (χ2v) is 7.13. The first-order valence-electron chi connectivity index (χ1n) is 9.67. The molecule has 2 aromatic carbocycles. The molecule has 148 valence electrons. The smallest absolute Gasteiger partial charge is 0.205 e. The fraction of sp³-hybridized carbons (Fsp3) is 0.208. The van der Waals surface area contributed by atoms with E-state index in [1.54, 1.807) is 18.2 Å². The van der Waals surface area contributed by atoms with Gasteiger partial charge in [-0.05, 0) is 18.6 Å². The highest BCUT2D eigenvalue weighted by molar-refractivity contribution is 5.99. The second kappa shape index (κ2) is 8.14. The number of nitrogens with two attached hydrogens (primary N) is 1. The monoisotopic (exact) mass is 397 g/mol. The fourth-order valence-corrected chi connectivity index (χ4v) is 3.93. The molecule has 0 saturated heterocycles. The highest BCUT2D eigenvalue weighted by Gasteiger charge is 2.39. The van der Waals surface area contributed by atoms with Crippen molar-refractivity contribution in [2.45, 2.75) is 31.8 Å². The molecule has 6 heteroatoms. The second-order valence-electron chi connectivity index (χ2n) is 7.13. The predicted octanol–water partition coefficient (Wildman–Crippen LogP) is 3.95. The number of carbonyl (C=O) groups excluding carboxylic acids is 1. The van der Waals surface area contributed by atoms with Gasteiger partial charge in [0, 0.05) is 29.5 Å². The van der Waals surface area contributed by atoms with Gasteiger partial charge >= 0.3 is 0 Å². The van der Waals surface area contributed by atoms with Crippen LogP contribution in [0.25, 0.3) is 0 Å². The minimum Gasteiger partial charge on any atom is -0.489 e. The molecule has 0 saturated carbocycles. The Kier molecular flexibility index (Phi) is 5.24. The van der Waals surface area contributed by atoms with Crippen molar-refractivity contribution in [1.29, 1.82) is 10.5 Å². The maximum atomic E-state index is 12.8. The summed E-state index contributed by atoms with van der Waals surface area (Å²) in [5.74, 6) is 0.431. The average Bonchev–Trinajstić information content (AvgIpc) is 2.77. The van der Waals surface area contributed by atoms with Gasteiger partial charge in [0.15, 0.2) is 5.78 Å². The lowest BCUT2D eigenvalue weighted by Gasteiger charge is -2.31. The van der Waals surface area contributed by atoms with Gasteiger partial charge in [-0.1, -0.05) is 36.4 Å². The van der Waals surface area contributed by atoms with Gasteiger partial charge in [0.25, 0.3) is 0 Å². The highest BCUT2D eigenvalue weighted by atomic mass is 16.5. The number of ether oxygens (including phenoxy) is 2. The Morgan fingerprint density at radius 1 is 1.07 bits per heavy atom. The van der Waals surface area contributed by atoms with E-state index in [0.29, 0.717) is 47.5 Å². The molecule has 0 radical (unpaired) electrons. The van der Waals surface area contributed by atoms with Crippen molar-refractivity contribution < 1.29 is 14.3 Å². The van der Waals surface area contributed by atoms with Gasteiger partial charge in [0.1, 0.15) is 29.8 Å². The maximum absolute atomic E-state index is 12.8. The van der Waals surface area contributed by atoms with Gasteiger partial charge in [-0.2, -0.15) is 10.5 Å². The van der Waals surface area contributed by atoms with Gasteiger partial charge in [-0.15, -0.1) is 0 Å². The summed E-state index contributed by atoms with van der Waals surface area (Å²) in [7, 11) is 0. The molecule has 1 aliphatic carbocycles. The average molecular weight is 397 g/mol.